The van der Waals surface area contributed by atoms with Gasteiger partial charge in [-0.15, -0.1) is 0 Å². The van der Waals surface area contributed by atoms with Gasteiger partial charge in [0.15, 0.2) is 0 Å². The first-order valence-corrected chi connectivity index (χ1v) is 9.94. The van der Waals surface area contributed by atoms with E-state index in [0.29, 0.717) is 0 Å². The van der Waals surface area contributed by atoms with E-state index in [9.17, 15) is 10.1 Å². The van der Waals surface area contributed by atoms with Crippen molar-refractivity contribution in [2.45, 2.75) is 32.5 Å². The van der Waals surface area contributed by atoms with Crippen molar-refractivity contribution in [3.8, 4) is 5.75 Å². The number of nitro groups is 1. The van der Waals surface area contributed by atoms with E-state index < -0.39 is 11.2 Å². The van der Waals surface area contributed by atoms with Crippen molar-refractivity contribution in [1.29, 1.82) is 0 Å². The average Bonchev–Trinajstić information content (AvgIpc) is 3.20. The van der Waals surface area contributed by atoms with Crippen molar-refractivity contribution in [2.75, 3.05) is 0 Å². The number of hydrazone groups is 1. The minimum atomic E-state index is -0.437. The van der Waals surface area contributed by atoms with Crippen molar-refractivity contribution in [3.05, 3.63) is 105 Å². The molecule has 2 heterocycles. The molecule has 0 saturated heterocycles. The fourth-order valence-electron chi connectivity index (χ4n) is 4.22. The number of ether oxygens (including phenoxy) is 1. The van der Waals surface area contributed by atoms with E-state index in [-0.39, 0.29) is 11.7 Å². The van der Waals surface area contributed by atoms with Crippen LogP contribution in [-0.2, 0) is 0 Å². The number of hydrogen-bond donors (Lipinski definition) is 0. The van der Waals surface area contributed by atoms with Crippen LogP contribution in [0.4, 0.5) is 5.69 Å². The van der Waals surface area contributed by atoms with Gasteiger partial charge < -0.3 is 4.74 Å². The zero-order chi connectivity index (χ0) is 20.8. The third kappa shape index (κ3) is 3.01. The normalized spacial score (nSPS) is 19.5. The lowest BCUT2D eigenvalue weighted by molar-refractivity contribution is -0.384. The maximum Gasteiger partial charge on any atom is 0.269 e. The summed E-state index contributed by atoms with van der Waals surface area (Å²) in [5.41, 5.74) is 6.60. The molecule has 0 N–H and O–H groups in total. The van der Waals surface area contributed by atoms with Gasteiger partial charge in [-0.2, -0.15) is 5.10 Å². The average molecular weight is 399 g/mol. The molecule has 150 valence electrons. The molecule has 30 heavy (non-hydrogen) atoms. The number of non-ortho nitro benzene ring substituents is 1. The van der Waals surface area contributed by atoms with Crippen LogP contribution >= 0.6 is 0 Å². The van der Waals surface area contributed by atoms with Crippen LogP contribution in [-0.4, -0.2) is 15.6 Å². The maximum atomic E-state index is 11.0. The first-order chi connectivity index (χ1) is 14.5. The molecule has 2 aliphatic rings. The van der Waals surface area contributed by atoms with E-state index in [2.05, 4.69) is 38.1 Å². The third-order valence-electron chi connectivity index (χ3n) is 5.79. The Balaban J connectivity index is 1.59. The van der Waals surface area contributed by atoms with Gasteiger partial charge in [0.2, 0.25) is 6.23 Å². The summed E-state index contributed by atoms with van der Waals surface area (Å²) < 4.78 is 6.32. The Morgan fingerprint density at radius 3 is 2.60 bits per heavy atom. The van der Waals surface area contributed by atoms with E-state index in [0.717, 1.165) is 34.6 Å². The van der Waals surface area contributed by atoms with Crippen molar-refractivity contribution >= 4 is 11.4 Å². The molecular weight excluding hydrogens is 378 g/mol. The summed E-state index contributed by atoms with van der Waals surface area (Å²) in [7, 11) is 0. The van der Waals surface area contributed by atoms with Crippen LogP contribution in [0.3, 0.4) is 0 Å². The molecule has 0 bridgehead atoms. The Kier molecular flexibility index (Phi) is 4.28. The van der Waals surface area contributed by atoms with Gasteiger partial charge in [0, 0.05) is 35.2 Å². The maximum absolute atomic E-state index is 11.0. The zero-order valence-electron chi connectivity index (χ0n) is 16.8. The van der Waals surface area contributed by atoms with Crippen LogP contribution in [0.25, 0.3) is 0 Å². The number of nitrogens with zero attached hydrogens (tertiary/aromatic N) is 3. The van der Waals surface area contributed by atoms with Crippen molar-refractivity contribution in [3.63, 3.8) is 0 Å². The van der Waals surface area contributed by atoms with Crippen molar-refractivity contribution in [1.82, 2.24) is 5.01 Å². The minimum absolute atomic E-state index is 0.0602. The van der Waals surface area contributed by atoms with Gasteiger partial charge in [-0.05, 0) is 43.7 Å². The fraction of sp³-hybridized carbons (Fsp3) is 0.208. The summed E-state index contributed by atoms with van der Waals surface area (Å²) in [5.74, 6) is 0.833. The lowest BCUT2D eigenvalue weighted by Crippen LogP contribution is -2.33. The van der Waals surface area contributed by atoms with E-state index in [1.165, 1.54) is 23.3 Å². The lowest BCUT2D eigenvalue weighted by Gasteiger charge is -2.38. The molecule has 2 aliphatic heterocycles. The van der Waals surface area contributed by atoms with Crippen molar-refractivity contribution in [2.24, 2.45) is 5.10 Å². The molecule has 0 unspecified atom stereocenters. The summed E-state index contributed by atoms with van der Waals surface area (Å²) in [6, 6.07) is 21.0. The summed E-state index contributed by atoms with van der Waals surface area (Å²) in [6.45, 7) is 4.19. The number of rotatable bonds is 3. The molecule has 2 atom stereocenters. The zero-order valence-corrected chi connectivity index (χ0v) is 16.8. The number of nitro benzene ring substituents is 1. The first kappa shape index (κ1) is 18.4. The minimum Gasteiger partial charge on any atom is -0.464 e. The second-order valence-electron chi connectivity index (χ2n) is 7.82. The third-order valence-corrected chi connectivity index (χ3v) is 5.79. The highest BCUT2D eigenvalue weighted by Gasteiger charge is 2.41. The number of benzene rings is 3. The van der Waals surface area contributed by atoms with Gasteiger partial charge in [0.1, 0.15) is 5.75 Å². The monoisotopic (exact) mass is 399 g/mol. The highest BCUT2D eigenvalue weighted by molar-refractivity contribution is 6.03. The van der Waals surface area contributed by atoms with Crippen LogP contribution in [0.1, 0.15) is 46.5 Å². The van der Waals surface area contributed by atoms with Crippen LogP contribution in [0.2, 0.25) is 0 Å². The predicted octanol–water partition coefficient (Wildman–Crippen LogP) is 5.45. The summed E-state index contributed by atoms with van der Waals surface area (Å²) >= 11 is 0. The highest BCUT2D eigenvalue weighted by Crippen LogP contribution is 2.47. The van der Waals surface area contributed by atoms with Crippen LogP contribution in [0.15, 0.2) is 71.8 Å². The Morgan fingerprint density at radius 2 is 1.83 bits per heavy atom. The summed E-state index contributed by atoms with van der Waals surface area (Å²) in [6.07, 6.45) is 0.349. The van der Waals surface area contributed by atoms with Gasteiger partial charge in [-0.3, -0.25) is 10.1 Å². The van der Waals surface area contributed by atoms with E-state index >= 15 is 0 Å². The van der Waals surface area contributed by atoms with Gasteiger partial charge >= 0.3 is 0 Å². The molecule has 0 fully saturated rings. The Hall–Kier alpha value is -3.67. The van der Waals surface area contributed by atoms with E-state index in [1.807, 2.05) is 23.2 Å². The van der Waals surface area contributed by atoms with Crippen LogP contribution in [0.5, 0.6) is 5.75 Å². The van der Waals surface area contributed by atoms with Gasteiger partial charge in [0.25, 0.3) is 5.69 Å². The molecule has 3 aromatic rings. The summed E-state index contributed by atoms with van der Waals surface area (Å²) in [4.78, 5) is 10.6. The number of para-hydroxylation sites is 1. The first-order valence-electron chi connectivity index (χ1n) is 9.94. The smallest absolute Gasteiger partial charge is 0.269 e. The predicted molar refractivity (Wildman–Crippen MR) is 115 cm³/mol. The largest absolute Gasteiger partial charge is 0.464 e. The summed E-state index contributed by atoms with van der Waals surface area (Å²) in [5, 5.41) is 18.0. The molecule has 3 aromatic carbocycles. The Bertz CT molecular complexity index is 1170. The SMILES string of the molecule is Cc1ccc(C)c(C2=NN3[C@H](C2)c2ccccc2O[C@@H]3c2ccc([N+](=O)[O-])cc2)c1. The highest BCUT2D eigenvalue weighted by atomic mass is 16.6. The second-order valence-corrected chi connectivity index (χ2v) is 7.82. The van der Waals surface area contributed by atoms with Crippen LogP contribution < -0.4 is 4.74 Å². The van der Waals surface area contributed by atoms with E-state index in [4.69, 9.17) is 9.84 Å². The molecule has 0 amide bonds. The lowest BCUT2D eigenvalue weighted by atomic mass is 9.93. The fourth-order valence-corrected chi connectivity index (χ4v) is 4.22. The van der Waals surface area contributed by atoms with Crippen molar-refractivity contribution < 1.29 is 9.66 Å². The molecule has 0 spiro atoms. The quantitative estimate of drug-likeness (QED) is 0.434. The number of aryl methyl sites for hydroxylation is 2. The molecule has 0 radical (unpaired) electrons. The van der Waals surface area contributed by atoms with Gasteiger partial charge in [0.05, 0.1) is 16.7 Å². The molecule has 5 rings (SSSR count). The number of fused-ring (bicyclic) bond motifs is 3. The van der Waals surface area contributed by atoms with Gasteiger partial charge in [-0.1, -0.05) is 35.9 Å². The molecule has 6 nitrogen and oxygen atoms in total. The molecule has 6 heteroatoms. The Labute approximate surface area is 174 Å². The molecule has 0 aliphatic carbocycles. The molecule has 0 saturated carbocycles. The standard InChI is InChI=1S/C24H21N3O3/c1-15-7-8-16(2)20(13-15)21-14-22-19-5-3-4-6-23(19)30-24(26(22)25-21)17-9-11-18(12-10-17)27(28)29/h3-13,22,24H,14H2,1-2H3/t22-,24-/m1/s1. The van der Waals surface area contributed by atoms with Gasteiger partial charge in [-0.25, -0.2) is 5.01 Å². The second kappa shape index (κ2) is 6.99. The van der Waals surface area contributed by atoms with E-state index in [1.54, 1.807) is 12.1 Å². The Morgan fingerprint density at radius 1 is 1.07 bits per heavy atom. The topological polar surface area (TPSA) is 68.0 Å². The molecule has 0 aromatic heterocycles. The van der Waals surface area contributed by atoms with Crippen LogP contribution in [0, 0.1) is 24.0 Å². The molecular formula is C24H21N3O3. The number of hydrogen-bond acceptors (Lipinski definition) is 5.